The van der Waals surface area contributed by atoms with E-state index in [0.717, 1.165) is 11.4 Å². The maximum absolute atomic E-state index is 12.0. The molecular weight excluding hydrogens is 302 g/mol. The fourth-order valence-electron chi connectivity index (χ4n) is 2.29. The standard InChI is InChI=1S/C19H25N3O2/c1-13(2)14-4-7-16(8-5-14)22-18-9-6-15(12-17(18)20)19(23)21-10-11-24-3/h4-9,12-13,22H,10-11,20H2,1-3H3,(H,21,23). The predicted molar refractivity (Wildman–Crippen MR) is 98.9 cm³/mol. The Morgan fingerprint density at radius 3 is 2.46 bits per heavy atom. The highest BCUT2D eigenvalue weighted by Gasteiger charge is 2.08. The second kappa shape index (κ2) is 8.36. The molecule has 1 amide bonds. The SMILES string of the molecule is COCCNC(=O)c1ccc(Nc2ccc(C(C)C)cc2)c(N)c1. The summed E-state index contributed by atoms with van der Waals surface area (Å²) in [6.07, 6.45) is 0. The molecule has 0 aromatic heterocycles. The number of rotatable bonds is 7. The average Bonchev–Trinajstić information content (AvgIpc) is 2.57. The Morgan fingerprint density at radius 1 is 1.17 bits per heavy atom. The van der Waals surface area contributed by atoms with Gasteiger partial charge in [0, 0.05) is 24.9 Å². The van der Waals surface area contributed by atoms with Crippen LogP contribution in [-0.4, -0.2) is 26.2 Å². The van der Waals surface area contributed by atoms with Gasteiger partial charge in [0.2, 0.25) is 0 Å². The second-order valence-electron chi connectivity index (χ2n) is 5.95. The van der Waals surface area contributed by atoms with Gasteiger partial charge >= 0.3 is 0 Å². The largest absolute Gasteiger partial charge is 0.397 e. The predicted octanol–water partition coefficient (Wildman–Crippen LogP) is 3.51. The van der Waals surface area contributed by atoms with Crippen molar-refractivity contribution in [3.05, 3.63) is 53.6 Å². The van der Waals surface area contributed by atoms with E-state index in [1.54, 1.807) is 19.2 Å². The minimum Gasteiger partial charge on any atom is -0.397 e. The monoisotopic (exact) mass is 327 g/mol. The summed E-state index contributed by atoms with van der Waals surface area (Å²) < 4.78 is 4.91. The van der Waals surface area contributed by atoms with Crippen LogP contribution in [0.25, 0.3) is 0 Å². The van der Waals surface area contributed by atoms with Gasteiger partial charge in [0.1, 0.15) is 0 Å². The first-order chi connectivity index (χ1) is 11.5. The number of ether oxygens (including phenoxy) is 1. The van der Waals surface area contributed by atoms with Crippen molar-refractivity contribution in [3.8, 4) is 0 Å². The normalized spacial score (nSPS) is 10.7. The molecule has 24 heavy (non-hydrogen) atoms. The molecule has 2 rings (SSSR count). The molecule has 0 aliphatic carbocycles. The molecule has 2 aromatic carbocycles. The van der Waals surface area contributed by atoms with E-state index in [9.17, 15) is 4.79 Å². The van der Waals surface area contributed by atoms with E-state index in [-0.39, 0.29) is 5.91 Å². The lowest BCUT2D eigenvalue weighted by atomic mass is 10.0. The van der Waals surface area contributed by atoms with E-state index < -0.39 is 0 Å². The highest BCUT2D eigenvalue weighted by Crippen LogP contribution is 2.25. The molecule has 5 nitrogen and oxygen atoms in total. The van der Waals surface area contributed by atoms with Crippen molar-refractivity contribution in [3.63, 3.8) is 0 Å². The van der Waals surface area contributed by atoms with Crippen LogP contribution in [0.15, 0.2) is 42.5 Å². The van der Waals surface area contributed by atoms with E-state index in [4.69, 9.17) is 10.5 Å². The van der Waals surface area contributed by atoms with Crippen LogP contribution in [0, 0.1) is 0 Å². The molecule has 0 spiro atoms. The van der Waals surface area contributed by atoms with Crippen molar-refractivity contribution in [2.75, 3.05) is 31.3 Å². The smallest absolute Gasteiger partial charge is 0.251 e. The molecule has 0 fully saturated rings. The molecule has 0 aliphatic rings. The van der Waals surface area contributed by atoms with Crippen LogP contribution in [-0.2, 0) is 4.74 Å². The number of anilines is 3. The van der Waals surface area contributed by atoms with Crippen molar-refractivity contribution in [1.29, 1.82) is 0 Å². The number of nitrogen functional groups attached to an aromatic ring is 1. The van der Waals surface area contributed by atoms with Gasteiger partial charge in [-0.3, -0.25) is 4.79 Å². The van der Waals surface area contributed by atoms with Crippen molar-refractivity contribution in [2.45, 2.75) is 19.8 Å². The second-order valence-corrected chi connectivity index (χ2v) is 5.95. The van der Waals surface area contributed by atoms with E-state index in [0.29, 0.717) is 30.3 Å². The molecule has 0 atom stereocenters. The topological polar surface area (TPSA) is 76.4 Å². The summed E-state index contributed by atoms with van der Waals surface area (Å²) in [6, 6.07) is 13.5. The van der Waals surface area contributed by atoms with E-state index >= 15 is 0 Å². The Labute approximate surface area is 143 Å². The molecule has 0 heterocycles. The maximum Gasteiger partial charge on any atom is 0.251 e. The zero-order chi connectivity index (χ0) is 17.5. The minimum atomic E-state index is -0.161. The van der Waals surface area contributed by atoms with Crippen LogP contribution in [0.5, 0.6) is 0 Å². The highest BCUT2D eigenvalue weighted by molar-refractivity contribution is 5.96. The summed E-state index contributed by atoms with van der Waals surface area (Å²) in [4.78, 5) is 12.0. The number of carbonyl (C=O) groups is 1. The van der Waals surface area contributed by atoms with E-state index in [1.165, 1.54) is 5.56 Å². The Bertz CT molecular complexity index is 682. The lowest BCUT2D eigenvalue weighted by Crippen LogP contribution is -2.27. The molecule has 2 aromatic rings. The van der Waals surface area contributed by atoms with Gasteiger partial charge in [-0.15, -0.1) is 0 Å². The molecule has 0 unspecified atom stereocenters. The summed E-state index contributed by atoms with van der Waals surface area (Å²) >= 11 is 0. The quantitative estimate of drug-likeness (QED) is 0.537. The molecule has 0 radical (unpaired) electrons. The fourth-order valence-corrected chi connectivity index (χ4v) is 2.29. The van der Waals surface area contributed by atoms with Gasteiger partial charge in [-0.05, 0) is 41.8 Å². The number of benzene rings is 2. The van der Waals surface area contributed by atoms with Gasteiger partial charge < -0.3 is 21.1 Å². The summed E-state index contributed by atoms with van der Waals surface area (Å²) in [5.74, 6) is 0.339. The first kappa shape index (κ1) is 17.8. The van der Waals surface area contributed by atoms with Gasteiger partial charge in [-0.1, -0.05) is 26.0 Å². The highest BCUT2D eigenvalue weighted by atomic mass is 16.5. The lowest BCUT2D eigenvalue weighted by molar-refractivity contribution is 0.0937. The molecule has 4 N–H and O–H groups in total. The summed E-state index contributed by atoms with van der Waals surface area (Å²) in [5, 5.41) is 6.05. The molecule has 0 aliphatic heterocycles. The zero-order valence-electron chi connectivity index (χ0n) is 14.4. The number of nitrogens with one attached hydrogen (secondary N) is 2. The number of amides is 1. The van der Waals surface area contributed by atoms with Crippen molar-refractivity contribution >= 4 is 23.0 Å². The van der Waals surface area contributed by atoms with Crippen LogP contribution >= 0.6 is 0 Å². The van der Waals surface area contributed by atoms with Crippen molar-refractivity contribution < 1.29 is 9.53 Å². The third-order valence-electron chi connectivity index (χ3n) is 3.76. The Morgan fingerprint density at radius 2 is 1.88 bits per heavy atom. The van der Waals surface area contributed by atoms with Crippen molar-refractivity contribution in [2.24, 2.45) is 0 Å². The molecule has 0 saturated heterocycles. The molecular formula is C19H25N3O2. The fraction of sp³-hybridized carbons (Fsp3) is 0.316. The van der Waals surface area contributed by atoms with Crippen molar-refractivity contribution in [1.82, 2.24) is 5.32 Å². The zero-order valence-corrected chi connectivity index (χ0v) is 14.4. The van der Waals surface area contributed by atoms with Crippen LogP contribution in [0.1, 0.15) is 35.7 Å². The van der Waals surface area contributed by atoms with Gasteiger partial charge in [0.05, 0.1) is 18.0 Å². The summed E-state index contributed by atoms with van der Waals surface area (Å²) in [7, 11) is 1.60. The average molecular weight is 327 g/mol. The number of hydrogen-bond acceptors (Lipinski definition) is 4. The lowest BCUT2D eigenvalue weighted by Gasteiger charge is -2.12. The van der Waals surface area contributed by atoms with Crippen LogP contribution in [0.2, 0.25) is 0 Å². The minimum absolute atomic E-state index is 0.161. The van der Waals surface area contributed by atoms with Crippen LogP contribution in [0.3, 0.4) is 0 Å². The third-order valence-corrected chi connectivity index (χ3v) is 3.76. The van der Waals surface area contributed by atoms with Gasteiger partial charge in [0.15, 0.2) is 0 Å². The van der Waals surface area contributed by atoms with Gasteiger partial charge in [-0.25, -0.2) is 0 Å². The Kier molecular flexibility index (Phi) is 6.21. The Hall–Kier alpha value is -2.53. The number of methoxy groups -OCH3 is 1. The van der Waals surface area contributed by atoms with Crippen LogP contribution < -0.4 is 16.4 Å². The maximum atomic E-state index is 12.0. The third kappa shape index (κ3) is 4.73. The Balaban J connectivity index is 2.05. The van der Waals surface area contributed by atoms with Gasteiger partial charge in [-0.2, -0.15) is 0 Å². The summed E-state index contributed by atoms with van der Waals surface area (Å²) in [5.41, 5.74) is 10.2. The number of hydrogen-bond donors (Lipinski definition) is 3. The molecule has 128 valence electrons. The summed E-state index contributed by atoms with van der Waals surface area (Å²) in [6.45, 7) is 5.28. The molecule has 5 heteroatoms. The first-order valence-electron chi connectivity index (χ1n) is 8.05. The van der Waals surface area contributed by atoms with Crippen LogP contribution in [0.4, 0.5) is 17.1 Å². The van der Waals surface area contributed by atoms with Gasteiger partial charge in [0.25, 0.3) is 5.91 Å². The van der Waals surface area contributed by atoms with E-state index in [1.807, 2.05) is 18.2 Å². The molecule has 0 saturated carbocycles. The number of nitrogens with two attached hydrogens (primary N) is 1. The van der Waals surface area contributed by atoms with E-state index in [2.05, 4.69) is 36.6 Å². The number of carbonyl (C=O) groups excluding carboxylic acids is 1. The molecule has 0 bridgehead atoms. The first-order valence-corrected chi connectivity index (χ1v) is 8.05.